The van der Waals surface area contributed by atoms with Crippen LogP contribution in [0, 0.1) is 11.7 Å². The van der Waals surface area contributed by atoms with Crippen LogP contribution in [0.3, 0.4) is 0 Å². The lowest BCUT2D eigenvalue weighted by molar-refractivity contribution is -0.132. The van der Waals surface area contributed by atoms with E-state index in [1.807, 2.05) is 6.92 Å². The first-order chi connectivity index (χ1) is 8.58. The lowest BCUT2D eigenvalue weighted by atomic mass is 9.94. The van der Waals surface area contributed by atoms with Gasteiger partial charge in [-0.3, -0.25) is 4.79 Å². The Bertz CT molecular complexity index is 436. The smallest absolute Gasteiger partial charge is 0.227 e. The molecule has 3 nitrogen and oxygen atoms in total. The highest BCUT2D eigenvalue weighted by Gasteiger charge is 2.26. The predicted molar refractivity (Wildman–Crippen MR) is 68.4 cm³/mol. The minimum Gasteiger partial charge on any atom is -0.342 e. The Kier molecular flexibility index (Phi) is 3.97. The predicted octanol–water partition coefficient (Wildman–Crippen LogP) is 1.56. The number of hydrogen-bond acceptors (Lipinski definition) is 2. The number of halogens is 1. The van der Waals surface area contributed by atoms with E-state index in [0.717, 1.165) is 6.42 Å². The number of rotatable bonds is 2. The molecule has 0 spiro atoms. The highest BCUT2D eigenvalue weighted by atomic mass is 19.1. The monoisotopic (exact) mass is 250 g/mol. The Morgan fingerprint density at radius 1 is 1.50 bits per heavy atom. The van der Waals surface area contributed by atoms with E-state index in [4.69, 9.17) is 5.73 Å². The van der Waals surface area contributed by atoms with E-state index in [0.29, 0.717) is 24.6 Å². The second-order valence-corrected chi connectivity index (χ2v) is 5.04. The molecule has 2 atom stereocenters. The number of nitrogens with two attached hydrogens (primary N) is 1. The molecule has 18 heavy (non-hydrogen) atoms. The zero-order valence-electron chi connectivity index (χ0n) is 10.6. The summed E-state index contributed by atoms with van der Waals surface area (Å²) in [5, 5.41) is 0. The maximum absolute atomic E-state index is 13.5. The molecule has 1 aromatic carbocycles. The van der Waals surface area contributed by atoms with Crippen molar-refractivity contribution in [3.8, 4) is 0 Å². The van der Waals surface area contributed by atoms with Gasteiger partial charge in [0.05, 0.1) is 6.42 Å². The molecule has 0 aromatic heterocycles. The minimum absolute atomic E-state index is 0.0150. The van der Waals surface area contributed by atoms with Gasteiger partial charge in [-0.05, 0) is 24.0 Å². The van der Waals surface area contributed by atoms with E-state index in [1.54, 1.807) is 23.1 Å². The summed E-state index contributed by atoms with van der Waals surface area (Å²) in [6.45, 7) is 3.40. The summed E-state index contributed by atoms with van der Waals surface area (Å²) in [5.41, 5.74) is 6.38. The summed E-state index contributed by atoms with van der Waals surface area (Å²) >= 11 is 0. The van der Waals surface area contributed by atoms with Gasteiger partial charge < -0.3 is 10.6 Å². The molecular weight excluding hydrogens is 231 g/mol. The summed E-state index contributed by atoms with van der Waals surface area (Å²) in [6, 6.07) is 6.60. The van der Waals surface area contributed by atoms with Crippen molar-refractivity contribution in [1.82, 2.24) is 4.90 Å². The van der Waals surface area contributed by atoms with E-state index in [2.05, 4.69) is 0 Å². The van der Waals surface area contributed by atoms with Gasteiger partial charge in [0, 0.05) is 19.1 Å². The van der Waals surface area contributed by atoms with Crippen LogP contribution in [0.25, 0.3) is 0 Å². The molecule has 1 fully saturated rings. The van der Waals surface area contributed by atoms with Gasteiger partial charge in [-0.15, -0.1) is 0 Å². The van der Waals surface area contributed by atoms with Crippen LogP contribution in [0.2, 0.25) is 0 Å². The number of hydrogen-bond donors (Lipinski definition) is 1. The summed E-state index contributed by atoms with van der Waals surface area (Å²) < 4.78 is 13.5. The molecule has 2 N–H and O–H groups in total. The van der Waals surface area contributed by atoms with Crippen molar-refractivity contribution < 1.29 is 9.18 Å². The molecule has 1 heterocycles. The van der Waals surface area contributed by atoms with Crippen molar-refractivity contribution in [2.45, 2.75) is 25.8 Å². The maximum atomic E-state index is 13.5. The SMILES string of the molecule is CC1CN(C(=O)Cc2ccccc2F)CCC1N. The minimum atomic E-state index is -0.312. The molecule has 0 bridgehead atoms. The number of carbonyl (C=O) groups excluding carboxylic acids is 1. The molecule has 2 rings (SSSR count). The van der Waals surface area contributed by atoms with Crippen molar-refractivity contribution >= 4 is 5.91 Å². The normalized spacial score (nSPS) is 24.1. The number of likely N-dealkylation sites (tertiary alicyclic amines) is 1. The quantitative estimate of drug-likeness (QED) is 0.866. The Morgan fingerprint density at radius 2 is 2.22 bits per heavy atom. The third-order valence-corrected chi connectivity index (χ3v) is 3.62. The molecule has 0 radical (unpaired) electrons. The first kappa shape index (κ1) is 13.0. The number of amides is 1. The first-order valence-corrected chi connectivity index (χ1v) is 6.34. The molecule has 1 aliphatic heterocycles. The maximum Gasteiger partial charge on any atom is 0.227 e. The fourth-order valence-corrected chi connectivity index (χ4v) is 2.31. The average Bonchev–Trinajstić information content (AvgIpc) is 2.35. The van der Waals surface area contributed by atoms with Crippen molar-refractivity contribution in [3.05, 3.63) is 35.6 Å². The topological polar surface area (TPSA) is 46.3 Å². The number of piperidine rings is 1. The van der Waals surface area contributed by atoms with Gasteiger partial charge in [-0.25, -0.2) is 4.39 Å². The Morgan fingerprint density at radius 3 is 2.89 bits per heavy atom. The van der Waals surface area contributed by atoms with Gasteiger partial charge in [-0.2, -0.15) is 0 Å². The Balaban J connectivity index is 1.99. The second-order valence-electron chi connectivity index (χ2n) is 5.04. The first-order valence-electron chi connectivity index (χ1n) is 6.34. The lowest BCUT2D eigenvalue weighted by Crippen LogP contribution is -2.48. The van der Waals surface area contributed by atoms with Crippen LogP contribution in [0.1, 0.15) is 18.9 Å². The summed E-state index contributed by atoms with van der Waals surface area (Å²) in [7, 11) is 0. The van der Waals surface area contributed by atoms with Gasteiger partial charge in [0.25, 0.3) is 0 Å². The molecule has 1 aromatic rings. The Labute approximate surface area is 107 Å². The van der Waals surface area contributed by atoms with Crippen LogP contribution in [0.5, 0.6) is 0 Å². The molecule has 98 valence electrons. The molecule has 1 aliphatic rings. The Hall–Kier alpha value is -1.42. The number of nitrogens with zero attached hydrogens (tertiary/aromatic N) is 1. The van der Waals surface area contributed by atoms with Gasteiger partial charge in [-0.1, -0.05) is 25.1 Å². The number of benzene rings is 1. The molecule has 0 saturated carbocycles. The molecule has 2 unspecified atom stereocenters. The van der Waals surface area contributed by atoms with Crippen LogP contribution in [0.4, 0.5) is 4.39 Å². The van der Waals surface area contributed by atoms with Crippen LogP contribution >= 0.6 is 0 Å². The third-order valence-electron chi connectivity index (χ3n) is 3.62. The van der Waals surface area contributed by atoms with Crippen molar-refractivity contribution in [1.29, 1.82) is 0 Å². The zero-order valence-corrected chi connectivity index (χ0v) is 10.6. The van der Waals surface area contributed by atoms with E-state index in [9.17, 15) is 9.18 Å². The van der Waals surface area contributed by atoms with E-state index in [1.165, 1.54) is 6.07 Å². The van der Waals surface area contributed by atoms with Gasteiger partial charge >= 0.3 is 0 Å². The lowest BCUT2D eigenvalue weighted by Gasteiger charge is -2.35. The highest BCUT2D eigenvalue weighted by molar-refractivity contribution is 5.79. The van der Waals surface area contributed by atoms with E-state index in [-0.39, 0.29) is 24.2 Å². The fraction of sp³-hybridized carbons (Fsp3) is 0.500. The second kappa shape index (κ2) is 5.48. The number of carbonyl (C=O) groups is 1. The molecule has 4 heteroatoms. The summed E-state index contributed by atoms with van der Waals surface area (Å²) in [4.78, 5) is 13.9. The van der Waals surface area contributed by atoms with E-state index >= 15 is 0 Å². The molecule has 0 aliphatic carbocycles. The largest absolute Gasteiger partial charge is 0.342 e. The fourth-order valence-electron chi connectivity index (χ4n) is 2.31. The van der Waals surface area contributed by atoms with Crippen LogP contribution < -0.4 is 5.73 Å². The zero-order chi connectivity index (χ0) is 13.1. The standard InChI is InChI=1S/C14H19FN2O/c1-10-9-17(7-6-13(10)16)14(18)8-11-4-2-3-5-12(11)15/h2-5,10,13H,6-9,16H2,1H3. The molecular formula is C14H19FN2O. The average molecular weight is 250 g/mol. The van der Waals surface area contributed by atoms with Crippen LogP contribution in [0.15, 0.2) is 24.3 Å². The van der Waals surface area contributed by atoms with Crippen molar-refractivity contribution in [2.75, 3.05) is 13.1 Å². The van der Waals surface area contributed by atoms with E-state index < -0.39 is 0 Å². The highest BCUT2D eigenvalue weighted by Crippen LogP contribution is 2.16. The van der Waals surface area contributed by atoms with Crippen molar-refractivity contribution in [2.24, 2.45) is 11.7 Å². The van der Waals surface area contributed by atoms with Crippen LogP contribution in [-0.2, 0) is 11.2 Å². The van der Waals surface area contributed by atoms with Gasteiger partial charge in [0.2, 0.25) is 5.91 Å². The summed E-state index contributed by atoms with van der Waals surface area (Å²) in [5.74, 6) is -0.0187. The molecule has 1 saturated heterocycles. The third kappa shape index (κ3) is 2.88. The van der Waals surface area contributed by atoms with Gasteiger partial charge in [0.1, 0.15) is 5.82 Å². The summed E-state index contributed by atoms with van der Waals surface area (Å²) in [6.07, 6.45) is 0.957. The van der Waals surface area contributed by atoms with Crippen LogP contribution in [-0.4, -0.2) is 29.9 Å². The van der Waals surface area contributed by atoms with Crippen molar-refractivity contribution in [3.63, 3.8) is 0 Å². The van der Waals surface area contributed by atoms with Gasteiger partial charge in [0.15, 0.2) is 0 Å². The molecule has 1 amide bonds.